The average Bonchev–Trinajstić information content (AvgIpc) is 3.42. The Kier molecular flexibility index (Phi) is 4.85. The van der Waals surface area contributed by atoms with Crippen LogP contribution in [0.25, 0.3) is 0 Å². The van der Waals surface area contributed by atoms with Gasteiger partial charge in [-0.15, -0.1) is 0 Å². The molecule has 0 aromatic heterocycles. The first-order chi connectivity index (χ1) is 14.7. The summed E-state index contributed by atoms with van der Waals surface area (Å²) in [4.78, 5) is 30.8. The van der Waals surface area contributed by atoms with E-state index in [1.54, 1.807) is 18.2 Å². The van der Waals surface area contributed by atoms with Gasteiger partial charge in [-0.25, -0.2) is 0 Å². The lowest BCUT2D eigenvalue weighted by atomic mass is 9.84. The van der Waals surface area contributed by atoms with Gasteiger partial charge in [0.25, 0.3) is 5.91 Å². The molecule has 0 radical (unpaired) electrons. The van der Waals surface area contributed by atoms with E-state index in [0.29, 0.717) is 30.2 Å². The van der Waals surface area contributed by atoms with Gasteiger partial charge in [0.15, 0.2) is 11.5 Å². The minimum Gasteiger partial charge on any atom is -0.454 e. The number of ether oxygens (including phenoxy) is 2. The summed E-state index contributed by atoms with van der Waals surface area (Å²) >= 11 is 0. The molecule has 3 aliphatic heterocycles. The van der Waals surface area contributed by atoms with Gasteiger partial charge in [-0.1, -0.05) is 30.3 Å². The van der Waals surface area contributed by atoms with Crippen LogP contribution in [0.4, 0.5) is 0 Å². The highest BCUT2D eigenvalue weighted by Crippen LogP contribution is 2.40. The topological polar surface area (TPSA) is 59.1 Å². The third-order valence-corrected chi connectivity index (χ3v) is 6.57. The first-order valence-corrected chi connectivity index (χ1v) is 10.7. The van der Waals surface area contributed by atoms with Crippen molar-refractivity contribution >= 4 is 11.8 Å². The van der Waals surface area contributed by atoms with Gasteiger partial charge in [-0.2, -0.15) is 0 Å². The summed E-state index contributed by atoms with van der Waals surface area (Å²) in [6.45, 7) is 2.25. The maximum atomic E-state index is 13.6. The SMILES string of the molecule is O=C(c1ccc2c(c1)OCO2)N1CCCC12CCCN(CCc1ccccc1)C2=O. The quantitative estimate of drug-likeness (QED) is 0.782. The molecule has 30 heavy (non-hydrogen) atoms. The molecule has 1 unspecified atom stereocenters. The van der Waals surface area contributed by atoms with E-state index in [9.17, 15) is 9.59 Å². The lowest BCUT2D eigenvalue weighted by Gasteiger charge is -2.44. The fourth-order valence-corrected chi connectivity index (χ4v) is 5.03. The first kappa shape index (κ1) is 19.0. The molecular formula is C24H26N2O4. The molecule has 3 aliphatic rings. The van der Waals surface area contributed by atoms with Crippen molar-refractivity contribution in [2.45, 2.75) is 37.6 Å². The minimum atomic E-state index is -0.706. The molecule has 2 fully saturated rings. The zero-order valence-corrected chi connectivity index (χ0v) is 17.0. The fraction of sp³-hybridized carbons (Fsp3) is 0.417. The van der Waals surface area contributed by atoms with Crippen LogP contribution in [0.2, 0.25) is 0 Å². The second-order valence-electron chi connectivity index (χ2n) is 8.29. The Morgan fingerprint density at radius 2 is 1.73 bits per heavy atom. The van der Waals surface area contributed by atoms with Crippen LogP contribution in [0.1, 0.15) is 41.6 Å². The van der Waals surface area contributed by atoms with Gasteiger partial charge in [0.05, 0.1) is 0 Å². The summed E-state index contributed by atoms with van der Waals surface area (Å²) in [6, 6.07) is 15.5. The number of nitrogens with zero attached hydrogens (tertiary/aromatic N) is 2. The Bertz CT molecular complexity index is 961. The van der Waals surface area contributed by atoms with Gasteiger partial charge in [0.1, 0.15) is 5.54 Å². The molecule has 3 heterocycles. The molecule has 1 atom stereocenters. The van der Waals surface area contributed by atoms with Crippen molar-refractivity contribution in [3.63, 3.8) is 0 Å². The standard InChI is InChI=1S/C24H26N2O4/c27-22(19-8-9-20-21(16-19)30-17-29-20)26-14-5-12-24(26)11-4-13-25(23(24)28)15-10-18-6-2-1-3-7-18/h1-3,6-9,16H,4-5,10-15,17H2. The average molecular weight is 406 g/mol. The number of piperidine rings is 1. The van der Waals surface area contributed by atoms with E-state index in [-0.39, 0.29) is 18.6 Å². The van der Waals surface area contributed by atoms with E-state index < -0.39 is 5.54 Å². The van der Waals surface area contributed by atoms with Crippen LogP contribution in [0.15, 0.2) is 48.5 Å². The van der Waals surface area contributed by atoms with E-state index in [1.807, 2.05) is 28.0 Å². The van der Waals surface area contributed by atoms with Gasteiger partial charge in [-0.05, 0) is 55.9 Å². The van der Waals surface area contributed by atoms with Crippen LogP contribution < -0.4 is 9.47 Å². The predicted molar refractivity (Wildman–Crippen MR) is 112 cm³/mol. The monoisotopic (exact) mass is 406 g/mol. The van der Waals surface area contributed by atoms with Crippen LogP contribution in [-0.4, -0.2) is 53.6 Å². The molecule has 0 saturated carbocycles. The number of benzene rings is 2. The molecule has 2 saturated heterocycles. The Balaban J connectivity index is 1.35. The van der Waals surface area contributed by atoms with Gasteiger partial charge in [0, 0.05) is 25.2 Å². The molecule has 2 amide bonds. The maximum Gasteiger partial charge on any atom is 0.254 e. The number of carbonyl (C=O) groups is 2. The Hall–Kier alpha value is -3.02. The minimum absolute atomic E-state index is 0.0935. The normalized spacial score (nSPS) is 22.7. The zero-order chi connectivity index (χ0) is 20.6. The number of likely N-dealkylation sites (tertiary alicyclic amines) is 2. The largest absolute Gasteiger partial charge is 0.454 e. The summed E-state index contributed by atoms with van der Waals surface area (Å²) in [6.07, 6.45) is 4.09. The molecule has 0 bridgehead atoms. The summed E-state index contributed by atoms with van der Waals surface area (Å²) in [5.74, 6) is 1.26. The number of hydrogen-bond donors (Lipinski definition) is 0. The number of amides is 2. The predicted octanol–water partition coefficient (Wildman–Crippen LogP) is 3.26. The number of carbonyl (C=O) groups excluding carboxylic acids is 2. The van der Waals surface area contributed by atoms with E-state index in [1.165, 1.54) is 5.56 Å². The lowest BCUT2D eigenvalue weighted by molar-refractivity contribution is -0.145. The molecule has 1 spiro atoms. The highest BCUT2D eigenvalue weighted by Gasteiger charge is 2.52. The van der Waals surface area contributed by atoms with Crippen molar-refractivity contribution in [1.29, 1.82) is 0 Å². The van der Waals surface area contributed by atoms with Crippen LogP contribution in [0, 0.1) is 0 Å². The first-order valence-electron chi connectivity index (χ1n) is 10.7. The van der Waals surface area contributed by atoms with Crippen LogP contribution in [-0.2, 0) is 11.2 Å². The summed E-state index contributed by atoms with van der Waals surface area (Å²) in [5, 5.41) is 0. The Morgan fingerprint density at radius 3 is 2.57 bits per heavy atom. The third kappa shape index (κ3) is 3.20. The highest BCUT2D eigenvalue weighted by atomic mass is 16.7. The van der Waals surface area contributed by atoms with E-state index in [2.05, 4.69) is 12.1 Å². The van der Waals surface area contributed by atoms with Crippen molar-refractivity contribution in [2.75, 3.05) is 26.4 Å². The molecule has 0 aliphatic carbocycles. The number of hydrogen-bond acceptors (Lipinski definition) is 4. The maximum absolute atomic E-state index is 13.6. The Morgan fingerprint density at radius 1 is 0.967 bits per heavy atom. The van der Waals surface area contributed by atoms with Crippen molar-refractivity contribution in [2.24, 2.45) is 0 Å². The number of rotatable bonds is 4. The van der Waals surface area contributed by atoms with E-state index >= 15 is 0 Å². The zero-order valence-electron chi connectivity index (χ0n) is 17.0. The van der Waals surface area contributed by atoms with Crippen molar-refractivity contribution in [3.05, 3.63) is 59.7 Å². The molecular weight excluding hydrogens is 380 g/mol. The summed E-state index contributed by atoms with van der Waals surface area (Å²) in [5.41, 5.74) is 1.07. The second kappa shape index (κ2) is 7.67. The van der Waals surface area contributed by atoms with Gasteiger partial charge in [-0.3, -0.25) is 9.59 Å². The fourth-order valence-electron chi connectivity index (χ4n) is 5.03. The van der Waals surface area contributed by atoms with Gasteiger partial charge < -0.3 is 19.3 Å². The van der Waals surface area contributed by atoms with E-state index in [0.717, 1.165) is 38.6 Å². The second-order valence-corrected chi connectivity index (χ2v) is 8.29. The van der Waals surface area contributed by atoms with Gasteiger partial charge >= 0.3 is 0 Å². The van der Waals surface area contributed by atoms with Crippen LogP contribution >= 0.6 is 0 Å². The van der Waals surface area contributed by atoms with E-state index in [4.69, 9.17) is 9.47 Å². The van der Waals surface area contributed by atoms with Crippen molar-refractivity contribution in [3.8, 4) is 11.5 Å². The molecule has 0 N–H and O–H groups in total. The molecule has 5 rings (SSSR count). The Labute approximate surface area is 176 Å². The summed E-state index contributed by atoms with van der Waals surface area (Å²) < 4.78 is 10.8. The smallest absolute Gasteiger partial charge is 0.254 e. The molecule has 156 valence electrons. The van der Waals surface area contributed by atoms with Crippen molar-refractivity contribution < 1.29 is 19.1 Å². The molecule has 6 heteroatoms. The van der Waals surface area contributed by atoms with Gasteiger partial charge in [0.2, 0.25) is 12.7 Å². The number of fused-ring (bicyclic) bond motifs is 1. The van der Waals surface area contributed by atoms with Crippen LogP contribution in [0.3, 0.4) is 0 Å². The molecule has 6 nitrogen and oxygen atoms in total. The highest BCUT2D eigenvalue weighted by molar-refractivity contribution is 6.00. The molecule has 2 aromatic carbocycles. The molecule has 2 aromatic rings. The van der Waals surface area contributed by atoms with Crippen LogP contribution in [0.5, 0.6) is 11.5 Å². The lowest BCUT2D eigenvalue weighted by Crippen LogP contribution is -2.61. The van der Waals surface area contributed by atoms with Crippen molar-refractivity contribution in [1.82, 2.24) is 9.80 Å². The third-order valence-electron chi connectivity index (χ3n) is 6.57. The summed E-state index contributed by atoms with van der Waals surface area (Å²) in [7, 11) is 0.